The highest BCUT2D eigenvalue weighted by atomic mass is 31.2. The Morgan fingerprint density at radius 3 is 2.00 bits per heavy atom. The van der Waals surface area contributed by atoms with Gasteiger partial charge in [-0.1, -0.05) is 73.7 Å². The molecule has 0 spiro atoms. The van der Waals surface area contributed by atoms with Crippen molar-refractivity contribution in [2.75, 3.05) is 7.05 Å². The molecule has 38 heavy (non-hydrogen) atoms. The van der Waals surface area contributed by atoms with Crippen molar-refractivity contribution in [1.29, 1.82) is 0 Å². The summed E-state index contributed by atoms with van der Waals surface area (Å²) in [5.74, 6) is -0.437. The van der Waals surface area contributed by atoms with Crippen molar-refractivity contribution < 1.29 is 23.9 Å². The van der Waals surface area contributed by atoms with Gasteiger partial charge in [0.15, 0.2) is 5.78 Å². The van der Waals surface area contributed by atoms with Crippen LogP contribution in [0.4, 0.5) is 0 Å². The number of carbonyl (C=O) groups is 2. The highest BCUT2D eigenvalue weighted by molar-refractivity contribution is 7.53. The number of nitrogens with zero attached hydrogens (tertiary/aromatic N) is 1. The lowest BCUT2D eigenvalue weighted by molar-refractivity contribution is 0.0675. The third-order valence-corrected chi connectivity index (χ3v) is 9.12. The van der Waals surface area contributed by atoms with Gasteiger partial charge in [0.05, 0.1) is 5.56 Å². The molecule has 4 aromatic carbocycles. The van der Waals surface area contributed by atoms with Gasteiger partial charge in [0, 0.05) is 18.7 Å². The van der Waals surface area contributed by atoms with Crippen LogP contribution in [0.2, 0.25) is 0 Å². The van der Waals surface area contributed by atoms with Gasteiger partial charge in [-0.3, -0.25) is 14.2 Å². The van der Waals surface area contributed by atoms with Crippen LogP contribution >= 0.6 is 7.60 Å². The summed E-state index contributed by atoms with van der Waals surface area (Å²) in [5.41, 5.74) is -1.27. The van der Waals surface area contributed by atoms with Crippen LogP contribution in [-0.2, 0) is 4.57 Å². The van der Waals surface area contributed by atoms with E-state index in [1.807, 2.05) is 42.5 Å². The third kappa shape index (κ3) is 5.04. The van der Waals surface area contributed by atoms with Crippen LogP contribution in [0, 0.1) is 5.92 Å². The summed E-state index contributed by atoms with van der Waals surface area (Å²) >= 11 is 0. The molecule has 1 aliphatic rings. The van der Waals surface area contributed by atoms with Crippen LogP contribution in [0.1, 0.15) is 64.5 Å². The second kappa shape index (κ2) is 10.5. The monoisotopic (exact) mass is 529 g/mol. The summed E-state index contributed by atoms with van der Waals surface area (Å²) in [5, 5.41) is 2.89. The topological polar surface area (TPSA) is 94.9 Å². The Morgan fingerprint density at radius 1 is 0.816 bits per heavy atom. The van der Waals surface area contributed by atoms with Crippen LogP contribution in [0.5, 0.6) is 0 Å². The largest absolute Gasteiger partial charge is 0.340 e. The highest BCUT2D eigenvalue weighted by Crippen LogP contribution is 2.55. The molecule has 0 aromatic heterocycles. The molecular formula is C31H32NO5P. The zero-order valence-electron chi connectivity index (χ0n) is 21.6. The number of rotatable bonds is 6. The zero-order valence-corrected chi connectivity index (χ0v) is 22.5. The number of ketones is 1. The Morgan fingerprint density at radius 2 is 1.37 bits per heavy atom. The smallest absolute Gasteiger partial charge is 0.339 e. The maximum atomic E-state index is 14.2. The third-order valence-electron chi connectivity index (χ3n) is 7.94. The molecule has 1 amide bonds. The summed E-state index contributed by atoms with van der Waals surface area (Å²) in [7, 11) is -3.20. The number of benzene rings is 4. The molecule has 0 saturated heterocycles. The van der Waals surface area contributed by atoms with Crippen molar-refractivity contribution in [1.82, 2.24) is 4.90 Å². The van der Waals surface area contributed by atoms with Gasteiger partial charge >= 0.3 is 7.60 Å². The van der Waals surface area contributed by atoms with E-state index in [9.17, 15) is 23.9 Å². The second-order valence-electron chi connectivity index (χ2n) is 10.5. The summed E-state index contributed by atoms with van der Waals surface area (Å²) in [6, 6.07) is 23.1. The first-order valence-electron chi connectivity index (χ1n) is 13.0. The predicted octanol–water partition coefficient (Wildman–Crippen LogP) is 6.75. The minimum atomic E-state index is -4.97. The molecule has 1 saturated carbocycles. The van der Waals surface area contributed by atoms with Gasteiger partial charge in [-0.15, -0.1) is 0 Å². The molecule has 0 radical (unpaired) electrons. The van der Waals surface area contributed by atoms with E-state index in [-0.39, 0.29) is 28.6 Å². The van der Waals surface area contributed by atoms with E-state index in [1.165, 1.54) is 0 Å². The predicted molar refractivity (Wildman–Crippen MR) is 151 cm³/mol. The molecule has 1 fully saturated rings. The number of hydrogen-bond donors (Lipinski definition) is 2. The van der Waals surface area contributed by atoms with Crippen LogP contribution in [0.3, 0.4) is 0 Å². The normalized spacial score (nSPS) is 18.8. The minimum absolute atomic E-state index is 0.0333. The molecular weight excluding hydrogens is 497 g/mol. The molecule has 2 N–H and O–H groups in total. The Hall–Kier alpha value is -3.31. The van der Waals surface area contributed by atoms with Gasteiger partial charge in [0.25, 0.3) is 5.91 Å². The van der Waals surface area contributed by atoms with Gasteiger partial charge in [-0.2, -0.15) is 0 Å². The number of fused-ring (bicyclic) bond motifs is 2. The van der Waals surface area contributed by atoms with Crippen LogP contribution in [0.15, 0.2) is 78.9 Å². The molecule has 1 atom stereocenters. The van der Waals surface area contributed by atoms with E-state index in [0.29, 0.717) is 11.3 Å². The first-order valence-corrected chi connectivity index (χ1v) is 14.7. The van der Waals surface area contributed by atoms with Crippen molar-refractivity contribution in [3.05, 3.63) is 95.6 Å². The molecule has 0 bridgehead atoms. The van der Waals surface area contributed by atoms with Crippen molar-refractivity contribution in [2.24, 2.45) is 5.92 Å². The lowest BCUT2D eigenvalue weighted by Gasteiger charge is -2.34. The number of amides is 1. The molecule has 1 aliphatic carbocycles. The van der Waals surface area contributed by atoms with E-state index >= 15 is 0 Å². The fourth-order valence-corrected chi connectivity index (χ4v) is 6.75. The van der Waals surface area contributed by atoms with E-state index in [0.717, 1.165) is 41.8 Å². The van der Waals surface area contributed by atoms with Crippen molar-refractivity contribution in [3.63, 3.8) is 0 Å². The average molecular weight is 530 g/mol. The van der Waals surface area contributed by atoms with Gasteiger partial charge < -0.3 is 14.7 Å². The van der Waals surface area contributed by atoms with E-state index in [4.69, 9.17) is 0 Å². The SMILES string of the molecule is CC1CCC(N(C)C(=O)c2cc3ccccc3cc2C(=O)C(c2cccc3ccccc23)P(=O)(O)O)CC1. The van der Waals surface area contributed by atoms with Crippen molar-refractivity contribution in [3.8, 4) is 0 Å². The summed E-state index contributed by atoms with van der Waals surface area (Å²) < 4.78 is 12.9. The lowest BCUT2D eigenvalue weighted by Crippen LogP contribution is -2.40. The highest BCUT2D eigenvalue weighted by Gasteiger charge is 2.40. The number of carbonyl (C=O) groups excluding carboxylic acids is 2. The fourth-order valence-electron chi connectivity index (χ4n) is 5.72. The minimum Gasteiger partial charge on any atom is -0.339 e. The fraction of sp³-hybridized carbons (Fsp3) is 0.290. The van der Waals surface area contributed by atoms with E-state index in [2.05, 4.69) is 6.92 Å². The molecule has 6 nitrogen and oxygen atoms in total. The Bertz CT molecular complexity index is 1560. The van der Waals surface area contributed by atoms with E-state index in [1.54, 1.807) is 48.3 Å². The van der Waals surface area contributed by atoms with Crippen LogP contribution < -0.4 is 0 Å². The molecule has 196 valence electrons. The number of Topliss-reactive ketones (excluding diaryl/α,β-unsaturated/α-hetero) is 1. The summed E-state index contributed by atoms with van der Waals surface area (Å²) in [6.45, 7) is 2.22. The zero-order chi connectivity index (χ0) is 27.0. The van der Waals surface area contributed by atoms with Crippen LogP contribution in [0.25, 0.3) is 21.5 Å². The van der Waals surface area contributed by atoms with Crippen molar-refractivity contribution >= 4 is 40.8 Å². The summed E-state index contributed by atoms with van der Waals surface area (Å²) in [4.78, 5) is 50.8. The Labute approximate surface area is 222 Å². The molecule has 4 aromatic rings. The van der Waals surface area contributed by atoms with Gasteiger partial charge in [0.1, 0.15) is 5.66 Å². The maximum Gasteiger partial charge on any atom is 0.340 e. The molecule has 5 rings (SSSR count). The Balaban J connectivity index is 1.65. The molecule has 0 aliphatic heterocycles. The van der Waals surface area contributed by atoms with Gasteiger partial charge in [-0.05, 0) is 70.8 Å². The lowest BCUT2D eigenvalue weighted by atomic mass is 9.86. The van der Waals surface area contributed by atoms with E-state index < -0.39 is 19.0 Å². The first-order chi connectivity index (χ1) is 18.1. The quantitative estimate of drug-likeness (QED) is 0.213. The molecule has 0 heterocycles. The first kappa shape index (κ1) is 26.3. The number of hydrogen-bond acceptors (Lipinski definition) is 3. The average Bonchev–Trinajstić information content (AvgIpc) is 2.91. The van der Waals surface area contributed by atoms with Crippen molar-refractivity contribution in [2.45, 2.75) is 44.3 Å². The van der Waals surface area contributed by atoms with Gasteiger partial charge in [-0.25, -0.2) is 0 Å². The summed E-state index contributed by atoms with van der Waals surface area (Å²) in [6.07, 6.45) is 3.85. The molecule has 1 unspecified atom stereocenters. The van der Waals surface area contributed by atoms with Gasteiger partial charge in [0.2, 0.25) is 0 Å². The Kier molecular flexibility index (Phi) is 7.23. The molecule has 7 heteroatoms. The standard InChI is InChI=1S/C31H32NO5P/c1-20-14-16-24(17-15-20)32(2)31(34)28-19-23-10-4-3-9-22(23)18-27(28)29(33)30(38(35,36)37)26-13-7-11-21-8-5-6-12-25(21)26/h3-13,18-20,24,30H,14-17H2,1-2H3,(H2,35,36,37). The maximum absolute atomic E-state index is 14.2. The second-order valence-corrected chi connectivity index (χ2v) is 12.2. The van der Waals surface area contributed by atoms with Crippen LogP contribution in [-0.4, -0.2) is 39.5 Å².